The van der Waals surface area contributed by atoms with Gasteiger partial charge in [0.05, 0.1) is 30.1 Å². The molecule has 126 valence electrons. The molecule has 2 aromatic carbocycles. The van der Waals surface area contributed by atoms with Crippen LogP contribution in [0.5, 0.6) is 0 Å². The van der Waals surface area contributed by atoms with Crippen molar-refractivity contribution in [2.75, 3.05) is 0 Å². The molecule has 1 aromatic heterocycles. The number of imidazole rings is 1. The van der Waals surface area contributed by atoms with Gasteiger partial charge in [-0.2, -0.15) is 5.26 Å². The van der Waals surface area contributed by atoms with Gasteiger partial charge in [-0.05, 0) is 29.7 Å². The largest absolute Gasteiger partial charge is 0.390 e. The molecule has 0 bridgehead atoms. The molecule has 25 heavy (non-hydrogen) atoms. The Balaban J connectivity index is 1.68. The third-order valence-electron chi connectivity index (χ3n) is 3.98. The van der Waals surface area contributed by atoms with Crippen LogP contribution in [0.4, 0.5) is 0 Å². The Bertz CT molecular complexity index is 851. The van der Waals surface area contributed by atoms with E-state index < -0.39 is 0 Å². The predicted molar refractivity (Wildman–Crippen MR) is 99.0 cm³/mol. The van der Waals surface area contributed by atoms with Gasteiger partial charge in [0.2, 0.25) is 0 Å². The lowest BCUT2D eigenvalue weighted by atomic mass is 10.1. The Kier molecular flexibility index (Phi) is 5.89. The van der Waals surface area contributed by atoms with Gasteiger partial charge in [-0.15, -0.1) is 0 Å². The number of aryl methyl sites for hydroxylation is 1. The van der Waals surface area contributed by atoms with Crippen molar-refractivity contribution in [1.29, 1.82) is 5.26 Å². The average molecular weight is 349 g/mol. The van der Waals surface area contributed by atoms with Crippen LogP contribution in [0.1, 0.15) is 22.4 Å². The van der Waals surface area contributed by atoms with E-state index in [-0.39, 0.29) is 6.61 Å². The first-order valence-electron chi connectivity index (χ1n) is 8.11. The van der Waals surface area contributed by atoms with Crippen LogP contribution in [0.3, 0.4) is 0 Å². The van der Waals surface area contributed by atoms with E-state index in [0.29, 0.717) is 5.56 Å². The molecule has 0 aliphatic heterocycles. The summed E-state index contributed by atoms with van der Waals surface area (Å²) in [6.07, 6.45) is 2.64. The molecule has 3 aromatic rings. The molecule has 0 saturated carbocycles. The number of thioether (sulfide) groups is 1. The smallest absolute Gasteiger partial charge is 0.168 e. The van der Waals surface area contributed by atoms with Crippen molar-refractivity contribution in [3.63, 3.8) is 0 Å². The van der Waals surface area contributed by atoms with Gasteiger partial charge >= 0.3 is 0 Å². The highest BCUT2D eigenvalue weighted by molar-refractivity contribution is 7.98. The van der Waals surface area contributed by atoms with Gasteiger partial charge in [0.15, 0.2) is 5.16 Å². The summed E-state index contributed by atoms with van der Waals surface area (Å²) in [6.45, 7) is 0.773. The van der Waals surface area contributed by atoms with Gasteiger partial charge in [0.25, 0.3) is 0 Å². The summed E-state index contributed by atoms with van der Waals surface area (Å²) in [5.74, 6) is 0.777. The van der Waals surface area contributed by atoms with Crippen molar-refractivity contribution in [2.24, 2.45) is 0 Å². The van der Waals surface area contributed by atoms with Crippen molar-refractivity contribution in [3.05, 3.63) is 83.2 Å². The topological polar surface area (TPSA) is 61.8 Å². The van der Waals surface area contributed by atoms with E-state index in [4.69, 9.17) is 5.26 Å². The van der Waals surface area contributed by atoms with Crippen LogP contribution in [0.25, 0.3) is 0 Å². The first-order chi connectivity index (χ1) is 12.3. The Morgan fingerprint density at radius 3 is 2.48 bits per heavy atom. The van der Waals surface area contributed by atoms with Crippen LogP contribution < -0.4 is 0 Å². The first kappa shape index (κ1) is 17.3. The quantitative estimate of drug-likeness (QED) is 0.659. The second kappa shape index (κ2) is 8.52. The molecule has 0 spiro atoms. The molecule has 0 amide bonds. The maximum atomic E-state index is 9.57. The molecule has 0 radical (unpaired) electrons. The van der Waals surface area contributed by atoms with E-state index in [2.05, 4.69) is 27.8 Å². The highest BCUT2D eigenvalue weighted by atomic mass is 32.2. The molecule has 4 nitrogen and oxygen atoms in total. The molecular formula is C20H19N3OS. The zero-order valence-electron chi connectivity index (χ0n) is 13.8. The number of hydrogen-bond acceptors (Lipinski definition) is 4. The monoisotopic (exact) mass is 349 g/mol. The van der Waals surface area contributed by atoms with E-state index in [9.17, 15) is 5.11 Å². The van der Waals surface area contributed by atoms with Crippen molar-refractivity contribution in [3.8, 4) is 6.07 Å². The Morgan fingerprint density at radius 2 is 1.80 bits per heavy atom. The van der Waals surface area contributed by atoms with Gasteiger partial charge in [-0.25, -0.2) is 4.98 Å². The standard InChI is InChI=1S/C20H19N3OS/c21-12-17-6-8-18(9-7-17)15-25-20-22-13-19(14-24)23(20)11-10-16-4-2-1-3-5-16/h1-9,13,24H,10-11,14-15H2. The highest BCUT2D eigenvalue weighted by Gasteiger charge is 2.10. The summed E-state index contributed by atoms with van der Waals surface area (Å²) in [5.41, 5.74) is 3.91. The van der Waals surface area contributed by atoms with Gasteiger partial charge < -0.3 is 9.67 Å². The Hall–Kier alpha value is -2.55. The Labute approximate surface area is 151 Å². The molecule has 0 aliphatic rings. The summed E-state index contributed by atoms with van der Waals surface area (Å²) in [4.78, 5) is 4.46. The lowest BCUT2D eigenvalue weighted by Crippen LogP contribution is -2.07. The van der Waals surface area contributed by atoms with Crippen LogP contribution in [-0.2, 0) is 25.3 Å². The van der Waals surface area contributed by atoms with E-state index >= 15 is 0 Å². The number of aliphatic hydroxyl groups is 1. The molecule has 3 rings (SSSR count). The fourth-order valence-corrected chi connectivity index (χ4v) is 3.56. The SMILES string of the molecule is N#Cc1ccc(CSc2ncc(CO)n2CCc2ccccc2)cc1. The van der Waals surface area contributed by atoms with Crippen LogP contribution in [-0.4, -0.2) is 14.7 Å². The van der Waals surface area contributed by atoms with Crippen molar-refractivity contribution < 1.29 is 5.11 Å². The van der Waals surface area contributed by atoms with Crippen LogP contribution in [0, 0.1) is 11.3 Å². The third kappa shape index (κ3) is 4.50. The number of aliphatic hydroxyl groups excluding tert-OH is 1. The molecule has 5 heteroatoms. The lowest BCUT2D eigenvalue weighted by Gasteiger charge is -2.11. The maximum Gasteiger partial charge on any atom is 0.168 e. The number of nitrogens with zero attached hydrogens (tertiary/aromatic N) is 3. The van der Waals surface area contributed by atoms with Gasteiger partial charge in [0, 0.05) is 12.3 Å². The number of hydrogen-bond donors (Lipinski definition) is 1. The van der Waals surface area contributed by atoms with E-state index in [1.807, 2.05) is 42.5 Å². The van der Waals surface area contributed by atoms with Crippen LogP contribution >= 0.6 is 11.8 Å². The predicted octanol–water partition coefficient (Wildman–Crippen LogP) is 3.78. The fraction of sp³-hybridized carbons (Fsp3) is 0.200. The number of rotatable bonds is 7. The summed E-state index contributed by atoms with van der Waals surface area (Å²) in [5, 5.41) is 19.3. The minimum Gasteiger partial charge on any atom is -0.390 e. The van der Waals surface area contributed by atoms with Crippen LogP contribution in [0.15, 0.2) is 66.0 Å². The Morgan fingerprint density at radius 1 is 1.04 bits per heavy atom. The summed E-state index contributed by atoms with van der Waals surface area (Å²) in [6, 6.07) is 20.0. The normalized spacial score (nSPS) is 10.6. The number of aromatic nitrogens is 2. The number of nitriles is 1. The molecule has 0 unspecified atom stereocenters. The third-order valence-corrected chi connectivity index (χ3v) is 5.04. The van der Waals surface area contributed by atoms with Crippen LogP contribution in [0.2, 0.25) is 0 Å². The minimum atomic E-state index is -0.0147. The minimum absolute atomic E-state index is 0.0147. The van der Waals surface area contributed by atoms with E-state index in [0.717, 1.165) is 35.1 Å². The maximum absolute atomic E-state index is 9.57. The number of benzene rings is 2. The fourth-order valence-electron chi connectivity index (χ4n) is 2.58. The summed E-state index contributed by atoms with van der Waals surface area (Å²) >= 11 is 1.64. The molecule has 1 heterocycles. The zero-order chi connectivity index (χ0) is 17.5. The lowest BCUT2D eigenvalue weighted by molar-refractivity contribution is 0.269. The highest BCUT2D eigenvalue weighted by Crippen LogP contribution is 2.24. The molecule has 0 aliphatic carbocycles. The van der Waals surface area contributed by atoms with Gasteiger partial charge in [-0.3, -0.25) is 0 Å². The average Bonchev–Trinajstić information content (AvgIpc) is 3.07. The molecule has 0 atom stereocenters. The molecule has 0 fully saturated rings. The molecule has 0 saturated heterocycles. The first-order valence-corrected chi connectivity index (χ1v) is 9.09. The molecular weight excluding hydrogens is 330 g/mol. The van der Waals surface area contributed by atoms with E-state index in [1.54, 1.807) is 18.0 Å². The second-order valence-corrected chi connectivity index (χ2v) is 6.62. The summed E-state index contributed by atoms with van der Waals surface area (Å²) < 4.78 is 2.08. The van der Waals surface area contributed by atoms with Crippen molar-refractivity contribution >= 4 is 11.8 Å². The van der Waals surface area contributed by atoms with Crippen molar-refractivity contribution in [1.82, 2.24) is 9.55 Å². The molecule has 1 N–H and O–H groups in total. The zero-order valence-corrected chi connectivity index (χ0v) is 14.6. The summed E-state index contributed by atoms with van der Waals surface area (Å²) in [7, 11) is 0. The second-order valence-electron chi connectivity index (χ2n) is 5.67. The van der Waals surface area contributed by atoms with Gasteiger partial charge in [-0.1, -0.05) is 54.2 Å². The van der Waals surface area contributed by atoms with Crippen molar-refractivity contribution in [2.45, 2.75) is 30.5 Å². The van der Waals surface area contributed by atoms with E-state index in [1.165, 1.54) is 5.56 Å². The van der Waals surface area contributed by atoms with Gasteiger partial charge in [0.1, 0.15) is 0 Å².